The molecule has 0 spiro atoms. The van der Waals surface area contributed by atoms with Crippen LogP contribution in [-0.4, -0.2) is 36.0 Å². The van der Waals surface area contributed by atoms with E-state index < -0.39 is 0 Å². The first-order valence-electron chi connectivity index (χ1n) is 6.30. The Balaban J connectivity index is 2.00. The summed E-state index contributed by atoms with van der Waals surface area (Å²) in [5.41, 5.74) is 1.22. The minimum absolute atomic E-state index is 0.327. The van der Waals surface area contributed by atoms with E-state index in [9.17, 15) is 0 Å². The predicted octanol–water partition coefficient (Wildman–Crippen LogP) is 2.80. The second kappa shape index (κ2) is 6.12. The zero-order valence-electron chi connectivity index (χ0n) is 11.9. The van der Waals surface area contributed by atoms with Gasteiger partial charge in [-0.2, -0.15) is 0 Å². The Morgan fingerprint density at radius 3 is 2.53 bits per heavy atom. The smallest absolute Gasteiger partial charge is 0.127 e. The molecule has 0 saturated heterocycles. The standard InChI is InChI=1S/C14H20N4S/c1-11(14-15-7-8-19-14)18(4)10-12-5-6-13(16-9-12)17(2)3/h5-9,11H,10H2,1-4H3/t11-/m1/s1. The van der Waals surface area contributed by atoms with Gasteiger partial charge in [-0.05, 0) is 25.6 Å². The molecular formula is C14H20N4S. The molecule has 0 saturated carbocycles. The molecule has 0 N–H and O–H groups in total. The molecule has 2 heterocycles. The third-order valence-electron chi connectivity index (χ3n) is 3.17. The molecule has 19 heavy (non-hydrogen) atoms. The maximum absolute atomic E-state index is 4.44. The maximum atomic E-state index is 4.44. The number of pyridine rings is 1. The van der Waals surface area contributed by atoms with Crippen LogP contribution in [-0.2, 0) is 6.54 Å². The van der Waals surface area contributed by atoms with Crippen LogP contribution in [0.25, 0.3) is 0 Å². The highest BCUT2D eigenvalue weighted by atomic mass is 32.1. The molecule has 4 nitrogen and oxygen atoms in total. The van der Waals surface area contributed by atoms with Gasteiger partial charge in [-0.15, -0.1) is 11.3 Å². The van der Waals surface area contributed by atoms with Crippen LogP contribution in [0.2, 0.25) is 0 Å². The summed E-state index contributed by atoms with van der Waals surface area (Å²) in [7, 11) is 6.11. The molecule has 102 valence electrons. The van der Waals surface area contributed by atoms with Crippen LogP contribution >= 0.6 is 11.3 Å². The van der Waals surface area contributed by atoms with Crippen molar-refractivity contribution in [2.24, 2.45) is 0 Å². The van der Waals surface area contributed by atoms with Crippen molar-refractivity contribution in [2.75, 3.05) is 26.0 Å². The summed E-state index contributed by atoms with van der Waals surface area (Å²) in [5.74, 6) is 0.986. The second-order valence-electron chi connectivity index (χ2n) is 4.88. The molecule has 0 aromatic carbocycles. The molecule has 0 aliphatic rings. The molecule has 2 aromatic heterocycles. The lowest BCUT2D eigenvalue weighted by Gasteiger charge is -2.23. The number of hydrogen-bond acceptors (Lipinski definition) is 5. The van der Waals surface area contributed by atoms with Gasteiger partial charge in [0, 0.05) is 38.4 Å². The van der Waals surface area contributed by atoms with E-state index in [-0.39, 0.29) is 0 Å². The highest BCUT2D eigenvalue weighted by molar-refractivity contribution is 7.09. The van der Waals surface area contributed by atoms with Crippen LogP contribution in [0.3, 0.4) is 0 Å². The van der Waals surface area contributed by atoms with E-state index >= 15 is 0 Å². The van der Waals surface area contributed by atoms with Crippen LogP contribution in [0, 0.1) is 0 Å². The minimum atomic E-state index is 0.327. The molecule has 0 aliphatic carbocycles. The summed E-state index contributed by atoms with van der Waals surface area (Å²) in [6.07, 6.45) is 3.80. The number of anilines is 1. The lowest BCUT2D eigenvalue weighted by molar-refractivity contribution is 0.252. The SMILES string of the molecule is C[C@H](c1nccs1)N(C)Cc1ccc(N(C)C)nc1. The monoisotopic (exact) mass is 276 g/mol. The van der Waals surface area contributed by atoms with E-state index in [0.29, 0.717) is 6.04 Å². The summed E-state index contributed by atoms with van der Waals surface area (Å²) in [5, 5.41) is 3.17. The number of rotatable bonds is 5. The van der Waals surface area contributed by atoms with Crippen molar-refractivity contribution in [3.63, 3.8) is 0 Å². The summed E-state index contributed by atoms with van der Waals surface area (Å²) < 4.78 is 0. The molecule has 0 unspecified atom stereocenters. The molecule has 2 aromatic rings. The Labute approximate surface area is 118 Å². The summed E-state index contributed by atoms with van der Waals surface area (Å²) >= 11 is 1.70. The minimum Gasteiger partial charge on any atom is -0.363 e. The van der Waals surface area contributed by atoms with Gasteiger partial charge in [0.05, 0.1) is 6.04 Å². The number of aromatic nitrogens is 2. The van der Waals surface area contributed by atoms with Gasteiger partial charge in [0.2, 0.25) is 0 Å². The highest BCUT2D eigenvalue weighted by Crippen LogP contribution is 2.22. The molecule has 5 heteroatoms. The van der Waals surface area contributed by atoms with Gasteiger partial charge in [0.1, 0.15) is 10.8 Å². The van der Waals surface area contributed by atoms with Crippen LogP contribution in [0.5, 0.6) is 0 Å². The molecule has 1 atom stereocenters. The number of hydrogen-bond donors (Lipinski definition) is 0. The average Bonchev–Trinajstić information content (AvgIpc) is 2.92. The van der Waals surface area contributed by atoms with Gasteiger partial charge < -0.3 is 4.90 Å². The summed E-state index contributed by atoms with van der Waals surface area (Å²) in [6, 6.07) is 4.51. The normalized spacial score (nSPS) is 12.7. The molecular weight excluding hydrogens is 256 g/mol. The van der Waals surface area contributed by atoms with Crippen LogP contribution in [0.15, 0.2) is 29.9 Å². The first-order valence-corrected chi connectivity index (χ1v) is 7.18. The fourth-order valence-electron chi connectivity index (χ4n) is 1.83. The van der Waals surface area contributed by atoms with Crippen molar-refractivity contribution in [1.29, 1.82) is 0 Å². The molecule has 0 fully saturated rings. The number of thiazole rings is 1. The lowest BCUT2D eigenvalue weighted by Crippen LogP contribution is -2.22. The molecule has 0 bridgehead atoms. The Hall–Kier alpha value is -1.46. The van der Waals surface area contributed by atoms with Crippen molar-refractivity contribution >= 4 is 17.2 Å². The largest absolute Gasteiger partial charge is 0.363 e. The zero-order chi connectivity index (χ0) is 13.8. The predicted molar refractivity (Wildman–Crippen MR) is 80.6 cm³/mol. The van der Waals surface area contributed by atoms with E-state index in [1.807, 2.05) is 36.8 Å². The Kier molecular flexibility index (Phi) is 4.50. The average molecular weight is 276 g/mol. The summed E-state index contributed by atoms with van der Waals surface area (Å²) in [4.78, 5) is 13.1. The van der Waals surface area contributed by atoms with Gasteiger partial charge in [-0.25, -0.2) is 9.97 Å². The third-order valence-corrected chi connectivity index (χ3v) is 4.12. The third kappa shape index (κ3) is 3.52. The van der Waals surface area contributed by atoms with Crippen LogP contribution in [0.4, 0.5) is 5.82 Å². The van der Waals surface area contributed by atoms with Crippen molar-refractivity contribution in [1.82, 2.24) is 14.9 Å². The van der Waals surface area contributed by atoms with Crippen LogP contribution in [0.1, 0.15) is 23.5 Å². The Morgan fingerprint density at radius 2 is 2.00 bits per heavy atom. The van der Waals surface area contributed by atoms with E-state index in [1.165, 1.54) is 5.56 Å². The molecule has 0 radical (unpaired) electrons. The topological polar surface area (TPSA) is 32.3 Å². The lowest BCUT2D eigenvalue weighted by atomic mass is 10.2. The Bertz CT molecular complexity index is 493. The zero-order valence-corrected chi connectivity index (χ0v) is 12.7. The Morgan fingerprint density at radius 1 is 1.21 bits per heavy atom. The first kappa shape index (κ1) is 14.0. The maximum Gasteiger partial charge on any atom is 0.127 e. The van der Waals surface area contributed by atoms with Gasteiger partial charge in [-0.3, -0.25) is 4.90 Å². The fourth-order valence-corrected chi connectivity index (χ4v) is 2.59. The van der Waals surface area contributed by atoms with Crippen molar-refractivity contribution < 1.29 is 0 Å². The molecule has 2 rings (SSSR count). The van der Waals surface area contributed by atoms with Crippen LogP contribution < -0.4 is 4.90 Å². The van der Waals surface area contributed by atoms with Gasteiger partial charge >= 0.3 is 0 Å². The van der Waals surface area contributed by atoms with Crippen molar-refractivity contribution in [2.45, 2.75) is 19.5 Å². The van der Waals surface area contributed by atoms with Gasteiger partial charge in [0.25, 0.3) is 0 Å². The van der Waals surface area contributed by atoms with Gasteiger partial charge in [-0.1, -0.05) is 6.07 Å². The van der Waals surface area contributed by atoms with Crippen molar-refractivity contribution in [3.8, 4) is 0 Å². The quantitative estimate of drug-likeness (QED) is 0.840. The fraction of sp³-hybridized carbons (Fsp3) is 0.429. The van der Waals surface area contributed by atoms with E-state index in [4.69, 9.17) is 0 Å². The first-order chi connectivity index (χ1) is 9.08. The highest BCUT2D eigenvalue weighted by Gasteiger charge is 2.14. The molecule has 0 aliphatic heterocycles. The summed E-state index contributed by atoms with van der Waals surface area (Å²) in [6.45, 7) is 3.06. The van der Waals surface area contributed by atoms with E-state index in [0.717, 1.165) is 17.4 Å². The molecule has 0 amide bonds. The number of nitrogens with zero attached hydrogens (tertiary/aromatic N) is 4. The van der Waals surface area contributed by atoms with E-state index in [2.05, 4.69) is 41.0 Å². The van der Waals surface area contributed by atoms with Gasteiger partial charge in [0.15, 0.2) is 0 Å². The second-order valence-corrected chi connectivity index (χ2v) is 5.81. The van der Waals surface area contributed by atoms with Crippen molar-refractivity contribution in [3.05, 3.63) is 40.5 Å². The van der Waals surface area contributed by atoms with E-state index in [1.54, 1.807) is 11.3 Å².